The summed E-state index contributed by atoms with van der Waals surface area (Å²) < 4.78 is 5.67. The molecule has 0 saturated carbocycles. The molecule has 108 valence electrons. The third-order valence-electron chi connectivity index (χ3n) is 3.39. The molecular formula is C16H15ClN2O2. The lowest BCUT2D eigenvalue weighted by atomic mass is 10.1. The van der Waals surface area contributed by atoms with Crippen molar-refractivity contribution >= 4 is 17.5 Å². The monoisotopic (exact) mass is 302 g/mol. The molecule has 1 aliphatic heterocycles. The minimum atomic E-state index is 0.0362. The fourth-order valence-electron chi connectivity index (χ4n) is 2.19. The first-order valence-electron chi connectivity index (χ1n) is 6.80. The van der Waals surface area contributed by atoms with Gasteiger partial charge in [0.1, 0.15) is 6.10 Å². The van der Waals surface area contributed by atoms with E-state index in [1.54, 1.807) is 23.2 Å². The molecule has 5 heteroatoms. The van der Waals surface area contributed by atoms with Crippen LogP contribution in [0, 0.1) is 0 Å². The maximum atomic E-state index is 12.1. The van der Waals surface area contributed by atoms with Gasteiger partial charge in [-0.3, -0.25) is 4.79 Å². The number of aromatic nitrogens is 1. The van der Waals surface area contributed by atoms with Gasteiger partial charge in [0.25, 0.3) is 0 Å². The molecule has 1 fully saturated rings. The molecule has 0 unspecified atom stereocenters. The molecule has 0 spiro atoms. The van der Waals surface area contributed by atoms with E-state index in [9.17, 15) is 4.79 Å². The molecule has 2 aromatic rings. The molecule has 2 heterocycles. The lowest BCUT2D eigenvalue weighted by molar-refractivity contribution is -0.139. The standard InChI is InChI=1S/C16H15ClN2O2/c17-13-6-4-12(5-7-13)9-16(20)19-10-14(11-19)21-15-3-1-2-8-18-15/h1-8,14H,9-11H2. The molecule has 1 aromatic carbocycles. The SMILES string of the molecule is O=C(Cc1ccc(Cl)cc1)N1CC(Oc2ccccn2)C1. The van der Waals surface area contributed by atoms with Gasteiger partial charge in [-0.15, -0.1) is 0 Å². The smallest absolute Gasteiger partial charge is 0.227 e. The number of halogens is 1. The van der Waals surface area contributed by atoms with Crippen LogP contribution in [-0.4, -0.2) is 35.0 Å². The van der Waals surface area contributed by atoms with Gasteiger partial charge < -0.3 is 9.64 Å². The largest absolute Gasteiger partial charge is 0.471 e. The third kappa shape index (κ3) is 3.52. The summed E-state index contributed by atoms with van der Waals surface area (Å²) in [5.74, 6) is 0.713. The van der Waals surface area contributed by atoms with Crippen LogP contribution in [0.2, 0.25) is 5.02 Å². The second-order valence-electron chi connectivity index (χ2n) is 5.01. The summed E-state index contributed by atoms with van der Waals surface area (Å²) in [6.45, 7) is 1.23. The van der Waals surface area contributed by atoms with Gasteiger partial charge in [0.15, 0.2) is 0 Å². The quantitative estimate of drug-likeness (QED) is 0.872. The van der Waals surface area contributed by atoms with Crippen molar-refractivity contribution in [3.63, 3.8) is 0 Å². The fourth-order valence-corrected chi connectivity index (χ4v) is 2.32. The Morgan fingerprint density at radius 1 is 1.24 bits per heavy atom. The van der Waals surface area contributed by atoms with Crippen LogP contribution in [0.1, 0.15) is 5.56 Å². The van der Waals surface area contributed by atoms with E-state index < -0.39 is 0 Å². The Morgan fingerprint density at radius 2 is 2.00 bits per heavy atom. The van der Waals surface area contributed by atoms with Gasteiger partial charge in [-0.1, -0.05) is 29.8 Å². The summed E-state index contributed by atoms with van der Waals surface area (Å²) >= 11 is 5.83. The lowest BCUT2D eigenvalue weighted by Gasteiger charge is -2.38. The molecule has 1 aromatic heterocycles. The Morgan fingerprint density at radius 3 is 2.67 bits per heavy atom. The molecule has 0 radical (unpaired) electrons. The van der Waals surface area contributed by atoms with Gasteiger partial charge >= 0.3 is 0 Å². The Bertz CT molecular complexity index is 610. The summed E-state index contributed by atoms with van der Waals surface area (Å²) in [5.41, 5.74) is 0.971. The van der Waals surface area contributed by atoms with Gasteiger partial charge in [-0.2, -0.15) is 0 Å². The Labute approximate surface area is 128 Å². The molecule has 1 amide bonds. The van der Waals surface area contributed by atoms with Crippen molar-refractivity contribution in [2.75, 3.05) is 13.1 Å². The average Bonchev–Trinajstić information content (AvgIpc) is 2.46. The topological polar surface area (TPSA) is 42.4 Å². The number of benzene rings is 1. The van der Waals surface area contributed by atoms with Crippen LogP contribution in [0.4, 0.5) is 0 Å². The van der Waals surface area contributed by atoms with Crippen molar-refractivity contribution in [2.45, 2.75) is 12.5 Å². The number of rotatable bonds is 4. The molecule has 0 N–H and O–H groups in total. The normalized spacial score (nSPS) is 14.6. The first-order chi connectivity index (χ1) is 10.2. The predicted octanol–water partition coefficient (Wildman–Crippen LogP) is 2.57. The number of hydrogen-bond donors (Lipinski definition) is 0. The van der Waals surface area contributed by atoms with Gasteiger partial charge in [0.2, 0.25) is 11.8 Å². The zero-order valence-corrected chi connectivity index (χ0v) is 12.2. The molecule has 4 nitrogen and oxygen atoms in total. The van der Waals surface area contributed by atoms with E-state index in [0.29, 0.717) is 30.4 Å². The zero-order chi connectivity index (χ0) is 14.7. The van der Waals surface area contributed by atoms with Crippen molar-refractivity contribution in [3.05, 3.63) is 59.2 Å². The molecule has 1 saturated heterocycles. The first kappa shape index (κ1) is 13.9. The number of pyridine rings is 1. The van der Waals surface area contributed by atoms with E-state index in [1.807, 2.05) is 30.3 Å². The van der Waals surface area contributed by atoms with Crippen molar-refractivity contribution in [3.8, 4) is 5.88 Å². The van der Waals surface area contributed by atoms with Gasteiger partial charge in [-0.05, 0) is 23.8 Å². The van der Waals surface area contributed by atoms with E-state index in [0.717, 1.165) is 5.56 Å². The minimum Gasteiger partial charge on any atom is -0.471 e. The second-order valence-corrected chi connectivity index (χ2v) is 5.45. The van der Waals surface area contributed by atoms with E-state index in [4.69, 9.17) is 16.3 Å². The highest BCUT2D eigenvalue weighted by Crippen LogP contribution is 2.17. The number of amides is 1. The van der Waals surface area contributed by atoms with E-state index in [1.165, 1.54) is 0 Å². The Balaban J connectivity index is 1.47. The van der Waals surface area contributed by atoms with E-state index in [2.05, 4.69) is 4.98 Å². The summed E-state index contributed by atoms with van der Waals surface area (Å²) in [4.78, 5) is 18.0. The molecule has 0 bridgehead atoms. The molecule has 0 atom stereocenters. The van der Waals surface area contributed by atoms with Crippen LogP contribution in [0.15, 0.2) is 48.7 Å². The summed E-state index contributed by atoms with van der Waals surface area (Å²) in [7, 11) is 0. The van der Waals surface area contributed by atoms with Crippen LogP contribution in [0.3, 0.4) is 0 Å². The number of likely N-dealkylation sites (tertiary alicyclic amines) is 1. The molecule has 3 rings (SSSR count). The van der Waals surface area contributed by atoms with E-state index in [-0.39, 0.29) is 12.0 Å². The highest BCUT2D eigenvalue weighted by Gasteiger charge is 2.32. The molecule has 1 aliphatic rings. The van der Waals surface area contributed by atoms with Crippen molar-refractivity contribution < 1.29 is 9.53 Å². The van der Waals surface area contributed by atoms with E-state index >= 15 is 0 Å². The summed E-state index contributed by atoms with van der Waals surface area (Å²) in [6, 6.07) is 12.9. The number of carbonyl (C=O) groups excluding carboxylic acids is 1. The van der Waals surface area contributed by atoms with Crippen molar-refractivity contribution in [1.82, 2.24) is 9.88 Å². The number of carbonyl (C=O) groups is 1. The van der Waals surface area contributed by atoms with Gasteiger partial charge in [0.05, 0.1) is 19.5 Å². The van der Waals surface area contributed by atoms with Crippen LogP contribution >= 0.6 is 11.6 Å². The Kier molecular flexibility index (Phi) is 4.06. The highest BCUT2D eigenvalue weighted by atomic mass is 35.5. The lowest BCUT2D eigenvalue weighted by Crippen LogP contribution is -2.56. The summed E-state index contributed by atoms with van der Waals surface area (Å²) in [5, 5.41) is 0.680. The van der Waals surface area contributed by atoms with Crippen LogP contribution in [0.25, 0.3) is 0 Å². The summed E-state index contributed by atoms with van der Waals surface area (Å²) in [6.07, 6.45) is 2.12. The second kappa shape index (κ2) is 6.14. The van der Waals surface area contributed by atoms with Crippen molar-refractivity contribution in [2.24, 2.45) is 0 Å². The number of nitrogens with zero attached hydrogens (tertiary/aromatic N) is 2. The van der Waals surface area contributed by atoms with Crippen LogP contribution in [-0.2, 0) is 11.2 Å². The zero-order valence-electron chi connectivity index (χ0n) is 11.4. The third-order valence-corrected chi connectivity index (χ3v) is 3.65. The number of hydrogen-bond acceptors (Lipinski definition) is 3. The Hall–Kier alpha value is -2.07. The number of ether oxygens (including phenoxy) is 1. The molecule has 21 heavy (non-hydrogen) atoms. The molecular weight excluding hydrogens is 288 g/mol. The maximum Gasteiger partial charge on any atom is 0.227 e. The average molecular weight is 303 g/mol. The highest BCUT2D eigenvalue weighted by molar-refractivity contribution is 6.30. The van der Waals surface area contributed by atoms with Gasteiger partial charge in [0, 0.05) is 17.3 Å². The minimum absolute atomic E-state index is 0.0362. The fraction of sp³-hybridized carbons (Fsp3) is 0.250. The van der Waals surface area contributed by atoms with Crippen LogP contribution in [0.5, 0.6) is 5.88 Å². The first-order valence-corrected chi connectivity index (χ1v) is 7.18. The van der Waals surface area contributed by atoms with Crippen LogP contribution < -0.4 is 4.74 Å². The predicted molar refractivity (Wildman–Crippen MR) is 80.4 cm³/mol. The van der Waals surface area contributed by atoms with Gasteiger partial charge in [-0.25, -0.2) is 4.98 Å². The maximum absolute atomic E-state index is 12.1. The molecule has 0 aliphatic carbocycles. The van der Waals surface area contributed by atoms with Crippen molar-refractivity contribution in [1.29, 1.82) is 0 Å².